The number of nitrogens with one attached hydrogen (secondary N) is 2. The largest absolute Gasteiger partial charge is 0.481 e. The lowest BCUT2D eigenvalue weighted by Gasteiger charge is -2.41. The van der Waals surface area contributed by atoms with Crippen LogP contribution in [-0.2, 0) is 38.3 Å². The Morgan fingerprint density at radius 2 is 1.17 bits per heavy atom. The van der Waals surface area contributed by atoms with Crippen LogP contribution in [0.5, 0.6) is 11.8 Å². The monoisotopic (exact) mass is 957 g/mol. The molecular formula is C58H80N6O6. The number of carbonyl (C=O) groups excluding carboxylic acids is 2. The van der Waals surface area contributed by atoms with E-state index in [2.05, 4.69) is 63.1 Å². The van der Waals surface area contributed by atoms with Gasteiger partial charge in [-0.1, -0.05) is 43.2 Å². The van der Waals surface area contributed by atoms with Crippen LogP contribution < -0.4 is 20.1 Å². The van der Waals surface area contributed by atoms with Crippen molar-refractivity contribution in [3.05, 3.63) is 101 Å². The molecule has 2 saturated carbocycles. The highest BCUT2D eigenvalue weighted by atomic mass is 16.6. The Hall–Kier alpha value is -5.52. The van der Waals surface area contributed by atoms with Crippen molar-refractivity contribution < 1.29 is 28.5 Å². The third-order valence-corrected chi connectivity index (χ3v) is 14.3. The minimum atomic E-state index is -0.475. The number of ether oxygens (including phenoxy) is 4. The van der Waals surface area contributed by atoms with E-state index < -0.39 is 11.2 Å². The van der Waals surface area contributed by atoms with Crippen molar-refractivity contribution in [1.82, 2.24) is 19.9 Å². The molecule has 8 rings (SSSR count). The number of hydrogen-bond donors (Lipinski definition) is 2. The number of aryl methyl sites for hydroxylation is 3. The molecule has 0 spiro atoms. The van der Waals surface area contributed by atoms with E-state index in [9.17, 15) is 9.59 Å². The summed E-state index contributed by atoms with van der Waals surface area (Å²) < 4.78 is 21.7. The molecule has 2 aliphatic heterocycles. The van der Waals surface area contributed by atoms with Gasteiger partial charge in [-0.2, -0.15) is 0 Å². The van der Waals surface area contributed by atoms with Gasteiger partial charge in [0.25, 0.3) is 0 Å². The Bertz CT molecular complexity index is 2330. The fraction of sp³-hybridized carbons (Fsp3) is 0.586. The van der Waals surface area contributed by atoms with Crippen molar-refractivity contribution in [1.29, 1.82) is 0 Å². The van der Waals surface area contributed by atoms with E-state index in [4.69, 9.17) is 28.9 Å². The summed E-state index contributed by atoms with van der Waals surface area (Å²) >= 11 is 0. The molecule has 0 aromatic carbocycles. The van der Waals surface area contributed by atoms with Gasteiger partial charge < -0.3 is 29.6 Å². The summed E-state index contributed by atoms with van der Waals surface area (Å²) in [6.45, 7) is 13.6. The first-order chi connectivity index (χ1) is 33.6. The number of methoxy groups -OCH3 is 2. The molecular weight excluding hydrogens is 877 g/mol. The smallest absolute Gasteiger partial charge is 0.306 e. The molecule has 4 aromatic heterocycles. The predicted octanol–water partition coefficient (Wildman–Crippen LogP) is 12.3. The van der Waals surface area contributed by atoms with Gasteiger partial charge in [-0.25, -0.2) is 19.9 Å². The second kappa shape index (κ2) is 24.5. The van der Waals surface area contributed by atoms with Gasteiger partial charge >= 0.3 is 11.9 Å². The topological polar surface area (TPSA) is 147 Å². The lowest BCUT2D eigenvalue weighted by molar-refractivity contribution is -0.157. The Labute approximate surface area is 418 Å². The Morgan fingerprint density at radius 1 is 0.657 bits per heavy atom. The van der Waals surface area contributed by atoms with Crippen molar-refractivity contribution in [3.8, 4) is 11.8 Å². The standard InChI is InChI=1S/C29H41N3O3.C29H39N3O3/c2*1-29(2,3)35-27(33)18-25(22-12-14-26(34-4)31-19-22)23-16-20(17-23)8-5-6-10-24-13-11-21-9-7-15-30-28(21)32-24/h11-14,19-20,23,25H,5-10,15-18H2,1-4H3,(H,30,32);6,10-14,19-20,23,25H,5,7-9,15-18H2,1-4H3,(H,30,32). The van der Waals surface area contributed by atoms with Gasteiger partial charge in [0, 0.05) is 43.3 Å². The number of anilines is 2. The van der Waals surface area contributed by atoms with Crippen LogP contribution in [0.2, 0.25) is 0 Å². The molecule has 4 aliphatic rings. The van der Waals surface area contributed by atoms with Gasteiger partial charge in [-0.05, 0) is 195 Å². The first-order valence-corrected chi connectivity index (χ1v) is 26.2. The van der Waals surface area contributed by atoms with Gasteiger partial charge in [-0.3, -0.25) is 9.59 Å². The molecule has 4 aromatic rings. The lowest BCUT2D eigenvalue weighted by atomic mass is 9.64. The third-order valence-electron chi connectivity index (χ3n) is 14.3. The fourth-order valence-corrected chi connectivity index (χ4v) is 10.6. The second-order valence-electron chi connectivity index (χ2n) is 22.1. The zero-order valence-corrected chi connectivity index (χ0v) is 43.4. The Balaban J connectivity index is 0.000000206. The normalized spacial score (nSPS) is 20.3. The summed E-state index contributed by atoms with van der Waals surface area (Å²) in [7, 11) is 3.24. The van der Waals surface area contributed by atoms with Gasteiger partial charge in [0.2, 0.25) is 11.8 Å². The minimum Gasteiger partial charge on any atom is -0.481 e. The molecule has 12 heteroatoms. The van der Waals surface area contributed by atoms with Crippen LogP contribution in [-0.4, -0.2) is 70.4 Å². The number of aromatic nitrogens is 4. The molecule has 0 saturated heterocycles. The number of carbonyl (C=O) groups is 2. The highest BCUT2D eigenvalue weighted by Gasteiger charge is 2.39. The number of esters is 2. The van der Waals surface area contributed by atoms with Gasteiger partial charge in [-0.15, -0.1) is 0 Å². The molecule has 0 bridgehead atoms. The van der Waals surface area contributed by atoms with Crippen LogP contribution in [0.1, 0.15) is 170 Å². The number of rotatable bonds is 19. The van der Waals surface area contributed by atoms with E-state index in [0.29, 0.717) is 42.4 Å². The fourth-order valence-electron chi connectivity index (χ4n) is 10.6. The lowest BCUT2D eigenvalue weighted by Crippen LogP contribution is -2.32. The second-order valence-corrected chi connectivity index (χ2v) is 22.1. The quantitative estimate of drug-likeness (QED) is 0.0681. The van der Waals surface area contributed by atoms with Crippen molar-refractivity contribution >= 4 is 29.7 Å². The molecule has 2 aliphatic carbocycles. The predicted molar refractivity (Wildman–Crippen MR) is 278 cm³/mol. The van der Waals surface area contributed by atoms with E-state index in [1.807, 2.05) is 72.1 Å². The van der Waals surface area contributed by atoms with E-state index >= 15 is 0 Å². The summed E-state index contributed by atoms with van der Waals surface area (Å²) in [6.07, 6.45) is 25.0. The Kier molecular flexibility index (Phi) is 18.3. The molecule has 2 unspecified atom stereocenters. The van der Waals surface area contributed by atoms with Crippen molar-refractivity contribution in [2.24, 2.45) is 23.7 Å². The molecule has 0 radical (unpaired) electrons. The molecule has 6 heterocycles. The van der Waals surface area contributed by atoms with Crippen molar-refractivity contribution in [3.63, 3.8) is 0 Å². The summed E-state index contributed by atoms with van der Waals surface area (Å²) in [6, 6.07) is 16.6. The highest BCUT2D eigenvalue weighted by molar-refractivity contribution is 5.71. The van der Waals surface area contributed by atoms with E-state index in [1.165, 1.54) is 61.8 Å². The molecule has 2 N–H and O–H groups in total. The van der Waals surface area contributed by atoms with Crippen molar-refractivity contribution in [2.75, 3.05) is 37.9 Å². The van der Waals surface area contributed by atoms with E-state index in [-0.39, 0.29) is 23.8 Å². The zero-order valence-electron chi connectivity index (χ0n) is 43.4. The maximum Gasteiger partial charge on any atom is 0.306 e. The molecule has 70 heavy (non-hydrogen) atoms. The van der Waals surface area contributed by atoms with Crippen LogP contribution in [0.3, 0.4) is 0 Å². The van der Waals surface area contributed by atoms with E-state index in [0.717, 1.165) is 92.4 Å². The number of fused-ring (bicyclic) bond motifs is 2. The van der Waals surface area contributed by atoms with Gasteiger partial charge in [0.1, 0.15) is 22.8 Å². The summed E-state index contributed by atoms with van der Waals surface area (Å²) in [5.41, 5.74) is 6.15. The van der Waals surface area contributed by atoms with E-state index in [1.54, 1.807) is 14.2 Å². The number of nitrogens with zero attached hydrogens (tertiary/aromatic N) is 4. The van der Waals surface area contributed by atoms with Crippen molar-refractivity contribution in [2.45, 2.75) is 167 Å². The van der Waals surface area contributed by atoms with Crippen LogP contribution in [0, 0.1) is 23.7 Å². The molecule has 378 valence electrons. The first kappa shape index (κ1) is 52.3. The SMILES string of the molecule is COc1ccc(C(CC(=O)OC(C)(C)C)C2CC(CCC=Cc3ccc4c(n3)NCCC4)C2)cn1.COc1ccc(C(CC(=O)OC(C)(C)C)C2CC(CCCCc3ccc4c(n3)NCCC4)C2)cn1. The Morgan fingerprint density at radius 3 is 1.67 bits per heavy atom. The third kappa shape index (κ3) is 15.7. The summed E-state index contributed by atoms with van der Waals surface area (Å²) in [4.78, 5) is 43.6. The number of allylic oxidation sites excluding steroid dienone is 1. The maximum absolute atomic E-state index is 12.6. The van der Waals surface area contributed by atoms with Crippen LogP contribution in [0.4, 0.5) is 11.6 Å². The maximum atomic E-state index is 12.6. The molecule has 12 nitrogen and oxygen atoms in total. The van der Waals surface area contributed by atoms with Crippen LogP contribution in [0.15, 0.2) is 67.0 Å². The first-order valence-electron chi connectivity index (χ1n) is 26.2. The number of pyridine rings is 4. The number of hydrogen-bond acceptors (Lipinski definition) is 12. The highest BCUT2D eigenvalue weighted by Crippen LogP contribution is 2.48. The molecule has 2 fully saturated rings. The summed E-state index contributed by atoms with van der Waals surface area (Å²) in [5.74, 6) is 5.73. The minimum absolute atomic E-state index is 0.127. The van der Waals surface area contributed by atoms with Crippen LogP contribution >= 0.6 is 0 Å². The number of unbranched alkanes of at least 4 members (excludes halogenated alkanes) is 1. The summed E-state index contributed by atoms with van der Waals surface area (Å²) in [5, 5.41) is 6.84. The van der Waals surface area contributed by atoms with Gasteiger partial charge in [0.05, 0.1) is 32.8 Å². The average Bonchev–Trinajstić information content (AvgIpc) is 3.30. The average molecular weight is 957 g/mol. The molecule has 0 amide bonds. The van der Waals surface area contributed by atoms with Crippen LogP contribution in [0.25, 0.3) is 6.08 Å². The van der Waals surface area contributed by atoms with Gasteiger partial charge in [0.15, 0.2) is 0 Å². The zero-order chi connectivity index (χ0) is 49.7. The molecule has 2 atom stereocenters.